The van der Waals surface area contributed by atoms with Gasteiger partial charge in [0.2, 0.25) is 0 Å². The van der Waals surface area contributed by atoms with Gasteiger partial charge in [-0.2, -0.15) is 0 Å². The summed E-state index contributed by atoms with van der Waals surface area (Å²) in [7, 11) is 0. The molecule has 0 aliphatic rings. The average Bonchev–Trinajstić information content (AvgIpc) is 2.76. The zero-order valence-corrected chi connectivity index (χ0v) is 20.3. The zero-order chi connectivity index (χ0) is 23.0. The molecular formula is C28H34N4. The Kier molecular flexibility index (Phi) is 6.23. The first-order chi connectivity index (χ1) is 15.2. The molecule has 0 N–H and O–H groups in total. The molecule has 0 saturated heterocycles. The van der Waals surface area contributed by atoms with Crippen LogP contribution in [0.4, 0.5) is 0 Å². The van der Waals surface area contributed by atoms with E-state index < -0.39 is 0 Å². The second-order valence-corrected chi connectivity index (χ2v) is 9.93. The van der Waals surface area contributed by atoms with Gasteiger partial charge < -0.3 is 0 Å². The summed E-state index contributed by atoms with van der Waals surface area (Å²) < 4.78 is 0. The first-order valence-corrected chi connectivity index (χ1v) is 11.8. The van der Waals surface area contributed by atoms with Crippen LogP contribution in [0.2, 0.25) is 0 Å². The molecule has 4 aromatic heterocycles. The highest BCUT2D eigenvalue weighted by Gasteiger charge is 2.16. The van der Waals surface area contributed by atoms with Crippen molar-refractivity contribution in [1.82, 2.24) is 19.9 Å². The normalized spacial score (nSPS) is 13.1. The lowest BCUT2D eigenvalue weighted by Gasteiger charge is -2.16. The highest BCUT2D eigenvalue weighted by atomic mass is 14.8. The largest absolute Gasteiger partial charge is 0.260 e. The minimum Gasteiger partial charge on any atom is -0.260 e. The third-order valence-corrected chi connectivity index (χ3v) is 6.25. The van der Waals surface area contributed by atoms with Crippen molar-refractivity contribution >= 4 is 21.7 Å². The molecular weight excluding hydrogens is 392 g/mol. The maximum atomic E-state index is 5.04. The number of hydrogen-bond acceptors (Lipinski definition) is 4. The van der Waals surface area contributed by atoms with Crippen molar-refractivity contribution < 1.29 is 0 Å². The Morgan fingerprint density at radius 3 is 2.16 bits per heavy atom. The summed E-state index contributed by atoms with van der Waals surface area (Å²) in [6, 6.07) is 8.81. The Morgan fingerprint density at radius 1 is 0.719 bits per heavy atom. The molecule has 0 saturated carbocycles. The second kappa shape index (κ2) is 8.93. The van der Waals surface area contributed by atoms with Crippen molar-refractivity contribution in [3.63, 3.8) is 0 Å². The summed E-state index contributed by atoms with van der Waals surface area (Å²) in [5.74, 6) is 1.42. The summed E-state index contributed by atoms with van der Waals surface area (Å²) >= 11 is 0. The van der Waals surface area contributed by atoms with Gasteiger partial charge in [-0.1, -0.05) is 48.5 Å². The molecule has 166 valence electrons. The monoisotopic (exact) mass is 426 g/mol. The molecule has 4 heterocycles. The molecule has 0 aromatic carbocycles. The lowest BCUT2D eigenvalue weighted by Crippen LogP contribution is -2.07. The van der Waals surface area contributed by atoms with E-state index in [1.165, 1.54) is 16.3 Å². The molecule has 4 rings (SSSR count). The van der Waals surface area contributed by atoms with Crippen molar-refractivity contribution in [3.8, 4) is 0 Å². The summed E-state index contributed by atoms with van der Waals surface area (Å²) in [5, 5.41) is 3.55. The molecule has 4 nitrogen and oxygen atoms in total. The fourth-order valence-corrected chi connectivity index (χ4v) is 4.32. The van der Waals surface area contributed by atoms with Gasteiger partial charge in [-0.25, -0.2) is 0 Å². The van der Waals surface area contributed by atoms with Crippen LogP contribution in [0, 0.1) is 0 Å². The molecule has 1 unspecified atom stereocenters. The minimum atomic E-state index is 0.265. The Morgan fingerprint density at radius 2 is 1.47 bits per heavy atom. The maximum absolute atomic E-state index is 5.04. The van der Waals surface area contributed by atoms with Crippen LogP contribution in [0.25, 0.3) is 21.7 Å². The first kappa shape index (κ1) is 22.3. The highest BCUT2D eigenvalue weighted by Crippen LogP contribution is 2.29. The second-order valence-electron chi connectivity index (χ2n) is 9.93. The van der Waals surface area contributed by atoms with Gasteiger partial charge in [-0.05, 0) is 59.4 Å². The van der Waals surface area contributed by atoms with Gasteiger partial charge in [0, 0.05) is 46.7 Å². The molecule has 0 aliphatic carbocycles. The van der Waals surface area contributed by atoms with E-state index in [4.69, 9.17) is 15.0 Å². The van der Waals surface area contributed by atoms with Gasteiger partial charge in [0.05, 0.1) is 16.9 Å². The molecule has 0 radical (unpaired) electrons. The predicted octanol–water partition coefficient (Wildman–Crippen LogP) is 7.29. The van der Waals surface area contributed by atoms with E-state index in [-0.39, 0.29) is 5.92 Å². The van der Waals surface area contributed by atoms with E-state index in [1.807, 2.05) is 18.6 Å². The number of fused-ring (bicyclic) bond motifs is 2. The lowest BCUT2D eigenvalue weighted by molar-refractivity contribution is 0.707. The van der Waals surface area contributed by atoms with Crippen LogP contribution in [-0.4, -0.2) is 19.9 Å². The van der Waals surface area contributed by atoms with E-state index in [9.17, 15) is 0 Å². The number of nitrogens with zero attached hydrogens (tertiary/aromatic N) is 4. The van der Waals surface area contributed by atoms with Gasteiger partial charge in [0.25, 0.3) is 0 Å². The first-order valence-electron chi connectivity index (χ1n) is 11.8. The molecule has 0 fully saturated rings. The Hall–Kier alpha value is -2.88. The molecule has 0 aliphatic heterocycles. The summed E-state index contributed by atoms with van der Waals surface area (Å²) in [4.78, 5) is 19.2. The highest BCUT2D eigenvalue weighted by molar-refractivity contribution is 5.84. The third kappa shape index (κ3) is 4.36. The van der Waals surface area contributed by atoms with Crippen LogP contribution in [-0.2, 0) is 6.42 Å². The standard InChI is InChI=1S/C28H34N4/c1-16(2)22-11-21-12-23(32-27(18(5)6)28(21)31-14-22)10-19(7)25-13-20-8-9-29-26(17(3)4)24(20)15-30-25/h8-9,11-19H,10H2,1-7H3. The van der Waals surface area contributed by atoms with Gasteiger partial charge in [0.1, 0.15) is 0 Å². The molecule has 0 spiro atoms. The van der Waals surface area contributed by atoms with Crippen molar-refractivity contribution in [2.24, 2.45) is 0 Å². The molecule has 4 heteroatoms. The van der Waals surface area contributed by atoms with Crippen LogP contribution >= 0.6 is 0 Å². The third-order valence-electron chi connectivity index (χ3n) is 6.25. The van der Waals surface area contributed by atoms with Gasteiger partial charge in [0.15, 0.2) is 0 Å². The number of hydrogen-bond donors (Lipinski definition) is 0. The summed E-state index contributed by atoms with van der Waals surface area (Å²) in [6.07, 6.45) is 6.76. The van der Waals surface area contributed by atoms with E-state index in [0.717, 1.165) is 40.1 Å². The van der Waals surface area contributed by atoms with Crippen LogP contribution in [0.3, 0.4) is 0 Å². The number of pyridine rings is 4. The average molecular weight is 427 g/mol. The number of aromatic nitrogens is 4. The lowest BCUT2D eigenvalue weighted by atomic mass is 9.95. The summed E-state index contributed by atoms with van der Waals surface area (Å²) in [5.41, 5.74) is 6.69. The quantitative estimate of drug-likeness (QED) is 0.325. The van der Waals surface area contributed by atoms with Crippen molar-refractivity contribution in [2.45, 2.75) is 78.6 Å². The molecule has 4 aromatic rings. The molecule has 0 amide bonds. The van der Waals surface area contributed by atoms with Crippen molar-refractivity contribution in [2.75, 3.05) is 0 Å². The van der Waals surface area contributed by atoms with E-state index in [2.05, 4.69) is 77.7 Å². The molecule has 0 bridgehead atoms. The van der Waals surface area contributed by atoms with E-state index in [1.54, 1.807) is 0 Å². The smallest absolute Gasteiger partial charge is 0.0920 e. The van der Waals surface area contributed by atoms with Gasteiger partial charge in [-0.15, -0.1) is 0 Å². The molecule has 1 atom stereocenters. The number of rotatable bonds is 6. The van der Waals surface area contributed by atoms with Crippen molar-refractivity contribution in [1.29, 1.82) is 0 Å². The molecule has 32 heavy (non-hydrogen) atoms. The Balaban J connectivity index is 1.70. The topological polar surface area (TPSA) is 51.6 Å². The minimum absolute atomic E-state index is 0.265. The summed E-state index contributed by atoms with van der Waals surface area (Å²) in [6.45, 7) is 15.4. The van der Waals surface area contributed by atoms with Gasteiger partial charge >= 0.3 is 0 Å². The van der Waals surface area contributed by atoms with Crippen molar-refractivity contribution in [3.05, 3.63) is 71.2 Å². The fourth-order valence-electron chi connectivity index (χ4n) is 4.32. The van der Waals surface area contributed by atoms with Crippen LogP contribution in [0.1, 0.15) is 100 Å². The van der Waals surface area contributed by atoms with E-state index >= 15 is 0 Å². The van der Waals surface area contributed by atoms with Crippen LogP contribution in [0.5, 0.6) is 0 Å². The Labute approximate surface area is 191 Å². The zero-order valence-electron chi connectivity index (χ0n) is 20.3. The van der Waals surface area contributed by atoms with E-state index in [0.29, 0.717) is 17.8 Å². The van der Waals surface area contributed by atoms with Crippen LogP contribution in [0.15, 0.2) is 42.9 Å². The SMILES string of the molecule is CC(C)c1cnc2c(C(C)C)nc(CC(C)c3cc4ccnc(C(C)C)c4cn3)cc2c1. The predicted molar refractivity (Wildman–Crippen MR) is 133 cm³/mol. The van der Waals surface area contributed by atoms with Gasteiger partial charge in [-0.3, -0.25) is 19.9 Å². The fraction of sp³-hybridized carbons (Fsp3) is 0.429. The van der Waals surface area contributed by atoms with Crippen LogP contribution < -0.4 is 0 Å². The Bertz CT molecular complexity index is 1260. The maximum Gasteiger partial charge on any atom is 0.0920 e.